The molecule has 1 heterocycles. The predicted molar refractivity (Wildman–Crippen MR) is 87.4 cm³/mol. The maximum absolute atomic E-state index is 12.7. The number of halogens is 1. The SMILES string of the molecule is CC(C)C(NC(=O)C1(C)CCCCN1)c1ccc(Cl)cc1. The fourth-order valence-corrected chi connectivity index (χ4v) is 2.98. The summed E-state index contributed by atoms with van der Waals surface area (Å²) in [5.41, 5.74) is 0.653. The lowest BCUT2D eigenvalue weighted by atomic mass is 9.88. The van der Waals surface area contributed by atoms with Crippen LogP contribution in [0.2, 0.25) is 5.02 Å². The molecule has 2 unspecified atom stereocenters. The van der Waals surface area contributed by atoms with Crippen molar-refractivity contribution in [2.24, 2.45) is 5.92 Å². The molecule has 2 N–H and O–H groups in total. The molecule has 4 heteroatoms. The molecule has 1 aromatic carbocycles. The normalized spacial score (nSPS) is 23.9. The minimum atomic E-state index is -0.447. The summed E-state index contributed by atoms with van der Waals surface area (Å²) >= 11 is 5.95. The van der Waals surface area contributed by atoms with Gasteiger partial charge in [0.25, 0.3) is 0 Å². The molecule has 1 saturated heterocycles. The van der Waals surface area contributed by atoms with Crippen LogP contribution in [0.3, 0.4) is 0 Å². The zero-order valence-corrected chi connectivity index (χ0v) is 13.8. The van der Waals surface area contributed by atoms with Crippen molar-refractivity contribution in [2.75, 3.05) is 6.54 Å². The van der Waals surface area contributed by atoms with Crippen molar-refractivity contribution >= 4 is 17.5 Å². The van der Waals surface area contributed by atoms with Crippen LogP contribution in [-0.2, 0) is 4.79 Å². The second kappa shape index (κ2) is 6.80. The van der Waals surface area contributed by atoms with Crippen LogP contribution in [0.25, 0.3) is 0 Å². The van der Waals surface area contributed by atoms with E-state index in [0.717, 1.165) is 31.4 Å². The van der Waals surface area contributed by atoms with E-state index in [4.69, 9.17) is 11.6 Å². The number of hydrogen-bond donors (Lipinski definition) is 2. The van der Waals surface area contributed by atoms with Gasteiger partial charge in [0.1, 0.15) is 0 Å². The zero-order valence-electron chi connectivity index (χ0n) is 13.1. The van der Waals surface area contributed by atoms with Crippen LogP contribution < -0.4 is 10.6 Å². The highest BCUT2D eigenvalue weighted by Crippen LogP contribution is 2.26. The van der Waals surface area contributed by atoms with E-state index in [0.29, 0.717) is 10.9 Å². The Morgan fingerprint density at radius 3 is 2.48 bits per heavy atom. The molecular formula is C17H25ClN2O. The lowest BCUT2D eigenvalue weighted by molar-refractivity contribution is -0.129. The van der Waals surface area contributed by atoms with Crippen LogP contribution in [0.15, 0.2) is 24.3 Å². The summed E-state index contributed by atoms with van der Waals surface area (Å²) in [6, 6.07) is 7.74. The van der Waals surface area contributed by atoms with Crippen molar-refractivity contribution in [1.29, 1.82) is 0 Å². The van der Waals surface area contributed by atoms with Crippen molar-refractivity contribution < 1.29 is 4.79 Å². The Labute approximate surface area is 132 Å². The Morgan fingerprint density at radius 1 is 1.29 bits per heavy atom. The monoisotopic (exact) mass is 308 g/mol. The molecule has 0 spiro atoms. The van der Waals surface area contributed by atoms with Gasteiger partial charge in [-0.15, -0.1) is 0 Å². The Kier molecular flexibility index (Phi) is 5.28. The summed E-state index contributed by atoms with van der Waals surface area (Å²) in [7, 11) is 0. The van der Waals surface area contributed by atoms with Crippen molar-refractivity contribution in [3.05, 3.63) is 34.9 Å². The largest absolute Gasteiger partial charge is 0.347 e. The smallest absolute Gasteiger partial charge is 0.240 e. The summed E-state index contributed by atoms with van der Waals surface area (Å²) in [6.45, 7) is 7.16. The molecule has 2 rings (SSSR count). The fraction of sp³-hybridized carbons (Fsp3) is 0.588. The van der Waals surface area contributed by atoms with Gasteiger partial charge in [0.2, 0.25) is 5.91 Å². The van der Waals surface area contributed by atoms with Gasteiger partial charge in [-0.3, -0.25) is 4.79 Å². The van der Waals surface area contributed by atoms with Crippen LogP contribution in [0.4, 0.5) is 0 Å². The Balaban J connectivity index is 2.12. The van der Waals surface area contributed by atoms with Gasteiger partial charge < -0.3 is 10.6 Å². The van der Waals surface area contributed by atoms with Crippen LogP contribution in [0, 0.1) is 5.92 Å². The molecule has 1 aromatic rings. The van der Waals surface area contributed by atoms with E-state index in [9.17, 15) is 4.79 Å². The van der Waals surface area contributed by atoms with E-state index in [1.54, 1.807) is 0 Å². The predicted octanol–water partition coefficient (Wildman–Crippen LogP) is 3.69. The van der Waals surface area contributed by atoms with Gasteiger partial charge in [-0.05, 0) is 56.3 Å². The average molecular weight is 309 g/mol. The maximum Gasteiger partial charge on any atom is 0.240 e. The number of carbonyl (C=O) groups excluding carboxylic acids is 1. The maximum atomic E-state index is 12.7. The van der Waals surface area contributed by atoms with Crippen molar-refractivity contribution in [1.82, 2.24) is 10.6 Å². The van der Waals surface area contributed by atoms with Crippen molar-refractivity contribution in [3.8, 4) is 0 Å². The van der Waals surface area contributed by atoms with Gasteiger partial charge in [0, 0.05) is 5.02 Å². The molecule has 0 aromatic heterocycles. The van der Waals surface area contributed by atoms with E-state index in [2.05, 4.69) is 24.5 Å². The van der Waals surface area contributed by atoms with Gasteiger partial charge >= 0.3 is 0 Å². The summed E-state index contributed by atoms with van der Waals surface area (Å²) in [5.74, 6) is 0.415. The quantitative estimate of drug-likeness (QED) is 0.891. The molecular weight excluding hydrogens is 284 g/mol. The van der Waals surface area contributed by atoms with E-state index in [-0.39, 0.29) is 11.9 Å². The molecule has 3 nitrogen and oxygen atoms in total. The number of benzene rings is 1. The molecule has 2 atom stereocenters. The minimum Gasteiger partial charge on any atom is -0.347 e. The van der Waals surface area contributed by atoms with Crippen LogP contribution in [0.1, 0.15) is 51.6 Å². The second-order valence-corrected chi connectivity index (χ2v) is 6.90. The number of rotatable bonds is 4. The topological polar surface area (TPSA) is 41.1 Å². The standard InChI is InChI=1S/C17H25ClN2O/c1-12(2)15(13-6-8-14(18)9-7-13)20-16(21)17(3)10-4-5-11-19-17/h6-9,12,15,19H,4-5,10-11H2,1-3H3,(H,20,21). The Bertz CT molecular complexity index is 478. The third-order valence-corrected chi connectivity index (χ3v) is 4.55. The van der Waals surface area contributed by atoms with E-state index in [1.807, 2.05) is 31.2 Å². The van der Waals surface area contributed by atoms with E-state index < -0.39 is 5.54 Å². The second-order valence-electron chi connectivity index (χ2n) is 6.46. The Hall–Kier alpha value is -1.06. The molecule has 0 bridgehead atoms. The number of nitrogens with one attached hydrogen (secondary N) is 2. The molecule has 1 aliphatic heterocycles. The van der Waals surface area contributed by atoms with Gasteiger partial charge in [0.15, 0.2) is 0 Å². The molecule has 1 aliphatic rings. The first-order chi connectivity index (χ1) is 9.92. The first-order valence-electron chi connectivity index (χ1n) is 7.74. The van der Waals surface area contributed by atoms with Gasteiger partial charge in [0.05, 0.1) is 11.6 Å². The van der Waals surface area contributed by atoms with Crippen molar-refractivity contribution in [2.45, 2.75) is 51.6 Å². The number of amides is 1. The van der Waals surface area contributed by atoms with Gasteiger partial charge in [-0.1, -0.05) is 37.6 Å². The molecule has 21 heavy (non-hydrogen) atoms. The lowest BCUT2D eigenvalue weighted by Crippen LogP contribution is -2.57. The van der Waals surface area contributed by atoms with Crippen LogP contribution >= 0.6 is 11.6 Å². The van der Waals surface area contributed by atoms with Crippen LogP contribution in [-0.4, -0.2) is 18.0 Å². The molecule has 0 radical (unpaired) electrons. The minimum absolute atomic E-state index is 0.00955. The first kappa shape index (κ1) is 16.3. The number of piperidine rings is 1. The summed E-state index contributed by atoms with van der Waals surface area (Å²) < 4.78 is 0. The van der Waals surface area contributed by atoms with E-state index in [1.165, 1.54) is 0 Å². The number of hydrogen-bond acceptors (Lipinski definition) is 2. The molecule has 116 valence electrons. The van der Waals surface area contributed by atoms with E-state index >= 15 is 0 Å². The molecule has 0 aliphatic carbocycles. The molecule has 0 saturated carbocycles. The summed E-state index contributed by atoms with van der Waals surface area (Å²) in [5, 5.41) is 7.30. The fourth-order valence-electron chi connectivity index (χ4n) is 2.86. The summed E-state index contributed by atoms with van der Waals surface area (Å²) in [4.78, 5) is 12.7. The third-order valence-electron chi connectivity index (χ3n) is 4.30. The molecule has 1 fully saturated rings. The first-order valence-corrected chi connectivity index (χ1v) is 8.11. The zero-order chi connectivity index (χ0) is 15.5. The highest BCUT2D eigenvalue weighted by atomic mass is 35.5. The third kappa shape index (κ3) is 3.98. The van der Waals surface area contributed by atoms with Gasteiger partial charge in [-0.2, -0.15) is 0 Å². The average Bonchev–Trinajstić information content (AvgIpc) is 2.46. The molecule has 1 amide bonds. The van der Waals surface area contributed by atoms with Crippen molar-refractivity contribution in [3.63, 3.8) is 0 Å². The van der Waals surface area contributed by atoms with Gasteiger partial charge in [-0.25, -0.2) is 0 Å². The van der Waals surface area contributed by atoms with Crippen LogP contribution in [0.5, 0.6) is 0 Å². The Morgan fingerprint density at radius 2 is 1.95 bits per heavy atom. The highest BCUT2D eigenvalue weighted by Gasteiger charge is 2.35. The summed E-state index contributed by atoms with van der Waals surface area (Å²) in [6.07, 6.45) is 3.14. The lowest BCUT2D eigenvalue weighted by Gasteiger charge is -2.36. The highest BCUT2D eigenvalue weighted by molar-refractivity contribution is 6.30. The number of carbonyl (C=O) groups is 1.